The number of nitrogens with zero attached hydrogens (tertiary/aromatic N) is 1. The van der Waals surface area contributed by atoms with Gasteiger partial charge in [0, 0.05) is 24.1 Å². The molecule has 1 N–H and O–H groups in total. The molecular formula is C25H24F3NO3. The molecule has 3 aromatic rings. The van der Waals surface area contributed by atoms with Crippen molar-refractivity contribution in [3.05, 3.63) is 82.5 Å². The van der Waals surface area contributed by atoms with Crippen LogP contribution >= 0.6 is 0 Å². The first-order valence-corrected chi connectivity index (χ1v) is 10.2. The molecule has 0 radical (unpaired) electrons. The van der Waals surface area contributed by atoms with Gasteiger partial charge in [0.25, 0.3) is 0 Å². The standard InChI is InChI=1S/C25H24F3NO3/c1-16-15-22(10-5-18(16)7-12-24(30)31)32-14-13-19-6-11-23(29-17(19)2)20-3-8-21(9-4-20)25(26,27)28/h3-6,8-11,15H,7,12-14H2,1-2H3,(H,30,31). The van der Waals surface area contributed by atoms with Crippen LogP contribution < -0.4 is 4.74 Å². The highest BCUT2D eigenvalue weighted by atomic mass is 19.4. The highest BCUT2D eigenvalue weighted by molar-refractivity contribution is 5.67. The monoisotopic (exact) mass is 443 g/mol. The van der Waals surface area contributed by atoms with Gasteiger partial charge in [0.2, 0.25) is 0 Å². The van der Waals surface area contributed by atoms with Crippen molar-refractivity contribution in [2.75, 3.05) is 6.61 Å². The molecule has 0 unspecified atom stereocenters. The van der Waals surface area contributed by atoms with Gasteiger partial charge >= 0.3 is 12.1 Å². The van der Waals surface area contributed by atoms with Crippen LogP contribution in [0.1, 0.15) is 34.4 Å². The van der Waals surface area contributed by atoms with E-state index < -0.39 is 17.7 Å². The highest BCUT2D eigenvalue weighted by Gasteiger charge is 2.30. The molecule has 1 aromatic heterocycles. The number of aryl methyl sites for hydroxylation is 3. The summed E-state index contributed by atoms with van der Waals surface area (Å²) in [6.07, 6.45) is -3.15. The minimum Gasteiger partial charge on any atom is -0.493 e. The molecule has 1 heterocycles. The van der Waals surface area contributed by atoms with Gasteiger partial charge in [-0.3, -0.25) is 9.78 Å². The Hall–Kier alpha value is -3.35. The maximum absolute atomic E-state index is 12.7. The lowest BCUT2D eigenvalue weighted by Crippen LogP contribution is -2.05. The van der Waals surface area contributed by atoms with E-state index in [1.54, 1.807) is 6.07 Å². The van der Waals surface area contributed by atoms with E-state index in [4.69, 9.17) is 9.84 Å². The van der Waals surface area contributed by atoms with Crippen molar-refractivity contribution >= 4 is 5.97 Å². The number of carboxylic acids is 1. The molecule has 0 aliphatic carbocycles. The Kier molecular flexibility index (Phi) is 7.18. The number of benzene rings is 2. The van der Waals surface area contributed by atoms with Gasteiger partial charge in [0.1, 0.15) is 5.75 Å². The first-order valence-electron chi connectivity index (χ1n) is 10.2. The van der Waals surface area contributed by atoms with Gasteiger partial charge in [0.05, 0.1) is 17.9 Å². The van der Waals surface area contributed by atoms with Crippen molar-refractivity contribution in [3.8, 4) is 17.0 Å². The van der Waals surface area contributed by atoms with E-state index in [0.717, 1.165) is 34.5 Å². The lowest BCUT2D eigenvalue weighted by atomic mass is 10.0. The van der Waals surface area contributed by atoms with E-state index in [1.165, 1.54) is 12.1 Å². The molecule has 0 amide bonds. The van der Waals surface area contributed by atoms with Gasteiger partial charge in [0.15, 0.2) is 0 Å². The maximum Gasteiger partial charge on any atom is 0.416 e. The van der Waals surface area contributed by atoms with Gasteiger partial charge < -0.3 is 9.84 Å². The molecule has 0 bridgehead atoms. The van der Waals surface area contributed by atoms with Crippen molar-refractivity contribution in [2.24, 2.45) is 0 Å². The molecule has 7 heteroatoms. The minimum atomic E-state index is -4.36. The van der Waals surface area contributed by atoms with Crippen molar-refractivity contribution in [1.82, 2.24) is 4.98 Å². The minimum absolute atomic E-state index is 0.0930. The third kappa shape index (κ3) is 6.09. The van der Waals surface area contributed by atoms with Crippen LogP contribution in [0, 0.1) is 13.8 Å². The molecular weight excluding hydrogens is 419 g/mol. The number of halogens is 3. The van der Waals surface area contributed by atoms with Gasteiger partial charge in [-0.25, -0.2) is 0 Å². The van der Waals surface area contributed by atoms with E-state index in [9.17, 15) is 18.0 Å². The number of aliphatic carboxylic acids is 1. The number of carbonyl (C=O) groups is 1. The Morgan fingerprint density at radius 1 is 0.969 bits per heavy atom. The Labute approximate surface area is 184 Å². The fraction of sp³-hybridized carbons (Fsp3) is 0.280. The van der Waals surface area contributed by atoms with Gasteiger partial charge in [-0.1, -0.05) is 24.3 Å². The molecule has 0 fully saturated rings. The molecule has 0 spiro atoms. The largest absolute Gasteiger partial charge is 0.493 e. The summed E-state index contributed by atoms with van der Waals surface area (Å²) < 4.78 is 44.0. The summed E-state index contributed by atoms with van der Waals surface area (Å²) >= 11 is 0. The fourth-order valence-corrected chi connectivity index (χ4v) is 3.40. The normalized spacial score (nSPS) is 11.4. The molecule has 168 valence electrons. The second-order valence-corrected chi connectivity index (χ2v) is 7.60. The van der Waals surface area contributed by atoms with Crippen LogP contribution in [0.25, 0.3) is 11.3 Å². The van der Waals surface area contributed by atoms with E-state index >= 15 is 0 Å². The van der Waals surface area contributed by atoms with Crippen molar-refractivity contribution in [1.29, 1.82) is 0 Å². The Balaban J connectivity index is 1.59. The van der Waals surface area contributed by atoms with E-state index in [0.29, 0.717) is 36.5 Å². The quantitative estimate of drug-likeness (QED) is 0.462. The average molecular weight is 443 g/mol. The molecule has 0 aliphatic heterocycles. The van der Waals surface area contributed by atoms with E-state index in [1.807, 2.05) is 38.1 Å². The van der Waals surface area contributed by atoms with Crippen LogP contribution in [-0.2, 0) is 23.8 Å². The lowest BCUT2D eigenvalue weighted by Gasteiger charge is -2.12. The molecule has 2 aromatic carbocycles. The zero-order valence-electron chi connectivity index (χ0n) is 17.9. The number of hydrogen-bond donors (Lipinski definition) is 1. The average Bonchev–Trinajstić information content (AvgIpc) is 2.73. The van der Waals surface area contributed by atoms with Crippen molar-refractivity contribution in [2.45, 2.75) is 39.3 Å². The smallest absolute Gasteiger partial charge is 0.416 e. The second kappa shape index (κ2) is 9.85. The highest BCUT2D eigenvalue weighted by Crippen LogP contribution is 2.30. The molecule has 0 aliphatic rings. The van der Waals surface area contributed by atoms with Crippen molar-refractivity contribution in [3.63, 3.8) is 0 Å². The zero-order valence-corrected chi connectivity index (χ0v) is 17.9. The van der Waals surface area contributed by atoms with Crippen LogP contribution in [0.2, 0.25) is 0 Å². The number of carboxylic acid groups (broad SMARTS) is 1. The molecule has 3 rings (SSSR count). The molecule has 0 saturated carbocycles. The number of aromatic nitrogens is 1. The Morgan fingerprint density at radius 2 is 1.66 bits per heavy atom. The third-order valence-electron chi connectivity index (χ3n) is 5.27. The number of pyridine rings is 1. The summed E-state index contributed by atoms with van der Waals surface area (Å²) in [5, 5.41) is 8.82. The summed E-state index contributed by atoms with van der Waals surface area (Å²) in [5.74, 6) is -0.105. The zero-order chi connectivity index (χ0) is 23.3. The molecule has 0 saturated heterocycles. The second-order valence-electron chi connectivity index (χ2n) is 7.60. The topological polar surface area (TPSA) is 59.4 Å². The van der Waals surface area contributed by atoms with Gasteiger partial charge in [-0.15, -0.1) is 0 Å². The Bertz CT molecular complexity index is 1090. The van der Waals surface area contributed by atoms with Crippen LogP contribution in [0.15, 0.2) is 54.6 Å². The van der Waals surface area contributed by atoms with E-state index in [-0.39, 0.29) is 6.42 Å². The number of hydrogen-bond acceptors (Lipinski definition) is 3. The van der Waals surface area contributed by atoms with Gasteiger partial charge in [-0.2, -0.15) is 13.2 Å². The van der Waals surface area contributed by atoms with Crippen LogP contribution in [0.5, 0.6) is 5.75 Å². The SMILES string of the molecule is Cc1cc(OCCc2ccc(-c3ccc(C(F)(F)F)cc3)nc2C)ccc1CCC(=O)O. The Morgan fingerprint density at radius 3 is 2.25 bits per heavy atom. The molecule has 0 atom stereocenters. The summed E-state index contributed by atoms with van der Waals surface area (Å²) in [4.78, 5) is 15.3. The number of rotatable bonds is 8. The molecule has 32 heavy (non-hydrogen) atoms. The first-order chi connectivity index (χ1) is 15.1. The van der Waals surface area contributed by atoms with Crippen LogP contribution in [-0.4, -0.2) is 22.7 Å². The summed E-state index contributed by atoms with van der Waals surface area (Å²) in [6, 6.07) is 14.3. The number of alkyl halides is 3. The summed E-state index contributed by atoms with van der Waals surface area (Å²) in [6.45, 7) is 4.23. The van der Waals surface area contributed by atoms with Gasteiger partial charge in [-0.05, 0) is 67.3 Å². The fourth-order valence-electron chi connectivity index (χ4n) is 3.40. The maximum atomic E-state index is 12.7. The summed E-state index contributed by atoms with van der Waals surface area (Å²) in [7, 11) is 0. The first kappa shape index (κ1) is 23.3. The summed E-state index contributed by atoms with van der Waals surface area (Å²) in [5.41, 5.74) is 4.33. The van der Waals surface area contributed by atoms with Crippen LogP contribution in [0.4, 0.5) is 13.2 Å². The van der Waals surface area contributed by atoms with Crippen molar-refractivity contribution < 1.29 is 27.8 Å². The van der Waals surface area contributed by atoms with Crippen LogP contribution in [0.3, 0.4) is 0 Å². The predicted molar refractivity (Wildman–Crippen MR) is 116 cm³/mol. The third-order valence-corrected chi connectivity index (χ3v) is 5.27. The molecule has 4 nitrogen and oxygen atoms in total. The van der Waals surface area contributed by atoms with E-state index in [2.05, 4.69) is 4.98 Å². The predicted octanol–water partition coefficient (Wildman–Crippen LogP) is 6.02. The number of ether oxygens (including phenoxy) is 1. The lowest BCUT2D eigenvalue weighted by molar-refractivity contribution is -0.138.